The Kier molecular flexibility index (Phi) is 4.67. The van der Waals surface area contributed by atoms with Gasteiger partial charge in [0.25, 0.3) is 0 Å². The van der Waals surface area contributed by atoms with Crippen LogP contribution in [0, 0.1) is 23.2 Å². The number of hydrogen-bond donors (Lipinski definition) is 0. The second kappa shape index (κ2) is 5.37. The highest BCUT2D eigenvalue weighted by molar-refractivity contribution is 4.85. The van der Waals surface area contributed by atoms with E-state index in [0.29, 0.717) is 5.41 Å². The van der Waals surface area contributed by atoms with Crippen molar-refractivity contribution in [1.82, 2.24) is 0 Å². The van der Waals surface area contributed by atoms with Gasteiger partial charge >= 0.3 is 0 Å². The lowest BCUT2D eigenvalue weighted by Gasteiger charge is -2.42. The highest BCUT2D eigenvalue weighted by Crippen LogP contribution is 2.45. The van der Waals surface area contributed by atoms with Crippen LogP contribution in [0.25, 0.3) is 0 Å². The van der Waals surface area contributed by atoms with Crippen LogP contribution in [0.1, 0.15) is 73.1 Å². The van der Waals surface area contributed by atoms with Crippen LogP contribution in [-0.4, -0.2) is 0 Å². The van der Waals surface area contributed by atoms with Gasteiger partial charge in [-0.3, -0.25) is 0 Å². The maximum atomic E-state index is 2.54. The Morgan fingerprint density at radius 2 is 1.73 bits per heavy atom. The predicted octanol–water partition coefficient (Wildman–Crippen LogP) is 5.28. The number of rotatable bonds is 2. The zero-order valence-electron chi connectivity index (χ0n) is 11.5. The zero-order valence-corrected chi connectivity index (χ0v) is 11.5. The Morgan fingerprint density at radius 1 is 1.07 bits per heavy atom. The molecule has 15 heavy (non-hydrogen) atoms. The van der Waals surface area contributed by atoms with Gasteiger partial charge in [-0.1, -0.05) is 60.3 Å². The molecular weight excluding hydrogens is 180 g/mol. The molecule has 1 aliphatic rings. The van der Waals surface area contributed by atoms with Crippen molar-refractivity contribution >= 4 is 0 Å². The van der Waals surface area contributed by atoms with E-state index in [-0.39, 0.29) is 0 Å². The summed E-state index contributed by atoms with van der Waals surface area (Å²) in [4.78, 5) is 0. The Morgan fingerprint density at radius 3 is 2.33 bits per heavy atom. The van der Waals surface area contributed by atoms with Crippen LogP contribution < -0.4 is 0 Å². The van der Waals surface area contributed by atoms with Crippen LogP contribution in [0.4, 0.5) is 0 Å². The summed E-state index contributed by atoms with van der Waals surface area (Å²) in [6, 6.07) is 0. The van der Waals surface area contributed by atoms with Gasteiger partial charge in [0.2, 0.25) is 0 Å². The van der Waals surface area contributed by atoms with Gasteiger partial charge in [0.1, 0.15) is 0 Å². The first-order valence-electron chi connectivity index (χ1n) is 6.99. The second-order valence-corrected chi connectivity index (χ2v) is 6.39. The Hall–Kier alpha value is 0. The lowest BCUT2D eigenvalue weighted by molar-refractivity contribution is 0.0837. The fourth-order valence-electron chi connectivity index (χ4n) is 3.36. The van der Waals surface area contributed by atoms with E-state index in [4.69, 9.17) is 0 Å². The van der Waals surface area contributed by atoms with Crippen molar-refractivity contribution in [1.29, 1.82) is 0 Å². The van der Waals surface area contributed by atoms with Crippen molar-refractivity contribution in [3.05, 3.63) is 0 Å². The van der Waals surface area contributed by atoms with E-state index in [1.807, 2.05) is 0 Å². The van der Waals surface area contributed by atoms with Crippen molar-refractivity contribution in [2.75, 3.05) is 0 Å². The maximum absolute atomic E-state index is 2.54. The highest BCUT2D eigenvalue weighted by atomic mass is 14.4. The van der Waals surface area contributed by atoms with E-state index in [1.165, 1.54) is 38.5 Å². The van der Waals surface area contributed by atoms with E-state index in [0.717, 1.165) is 17.8 Å². The van der Waals surface area contributed by atoms with Gasteiger partial charge in [-0.25, -0.2) is 0 Å². The van der Waals surface area contributed by atoms with E-state index in [2.05, 4.69) is 34.6 Å². The molecule has 0 saturated heterocycles. The fourth-order valence-corrected chi connectivity index (χ4v) is 3.36. The fraction of sp³-hybridized carbons (Fsp3) is 1.00. The van der Waals surface area contributed by atoms with Gasteiger partial charge in [0, 0.05) is 0 Å². The summed E-state index contributed by atoms with van der Waals surface area (Å²) in [6.45, 7) is 12.3. The summed E-state index contributed by atoms with van der Waals surface area (Å²) in [7, 11) is 0. The Balaban J connectivity index is 2.72. The summed E-state index contributed by atoms with van der Waals surface area (Å²) in [5.74, 6) is 2.78. The highest BCUT2D eigenvalue weighted by Gasteiger charge is 2.35. The first-order valence-corrected chi connectivity index (χ1v) is 6.99. The topological polar surface area (TPSA) is 0 Å². The summed E-state index contributed by atoms with van der Waals surface area (Å²) in [5, 5.41) is 0. The van der Waals surface area contributed by atoms with E-state index < -0.39 is 0 Å². The smallest absolute Gasteiger partial charge is 0.0298 e. The Bertz CT molecular complexity index is 184. The van der Waals surface area contributed by atoms with E-state index in [9.17, 15) is 0 Å². The molecule has 90 valence electrons. The molecule has 0 bridgehead atoms. The first-order chi connectivity index (χ1) is 6.99. The van der Waals surface area contributed by atoms with Gasteiger partial charge < -0.3 is 0 Å². The molecule has 1 aliphatic carbocycles. The maximum Gasteiger partial charge on any atom is -0.0298 e. The van der Waals surface area contributed by atoms with Crippen LogP contribution in [-0.2, 0) is 0 Å². The lowest BCUT2D eigenvalue weighted by atomic mass is 9.63. The van der Waals surface area contributed by atoms with Gasteiger partial charge in [-0.2, -0.15) is 0 Å². The molecule has 4 atom stereocenters. The van der Waals surface area contributed by atoms with Gasteiger partial charge in [0.05, 0.1) is 0 Å². The van der Waals surface area contributed by atoms with Crippen molar-refractivity contribution < 1.29 is 0 Å². The minimum absolute atomic E-state index is 0.614. The van der Waals surface area contributed by atoms with Crippen molar-refractivity contribution in [3.63, 3.8) is 0 Å². The summed E-state index contributed by atoms with van der Waals surface area (Å²) in [5.41, 5.74) is 0.614. The molecule has 0 N–H and O–H groups in total. The molecule has 0 nitrogen and oxygen atoms in total. The third-order valence-electron chi connectivity index (χ3n) is 5.10. The Labute approximate surface area is 96.8 Å². The zero-order chi connectivity index (χ0) is 11.5. The molecular formula is C15H30. The van der Waals surface area contributed by atoms with Crippen LogP contribution in [0.5, 0.6) is 0 Å². The molecule has 0 heteroatoms. The van der Waals surface area contributed by atoms with E-state index >= 15 is 0 Å². The molecule has 0 radical (unpaired) electrons. The minimum Gasteiger partial charge on any atom is -0.0654 e. The molecule has 0 aromatic rings. The quantitative estimate of drug-likeness (QED) is 0.582. The summed E-state index contributed by atoms with van der Waals surface area (Å²) >= 11 is 0. The number of hydrogen-bond acceptors (Lipinski definition) is 0. The van der Waals surface area contributed by atoms with Gasteiger partial charge in [-0.05, 0) is 36.0 Å². The molecule has 0 heterocycles. The summed E-state index contributed by atoms with van der Waals surface area (Å²) in [6.07, 6.45) is 8.57. The molecule has 0 aliphatic heterocycles. The second-order valence-electron chi connectivity index (χ2n) is 6.39. The third kappa shape index (κ3) is 3.23. The van der Waals surface area contributed by atoms with Crippen molar-refractivity contribution in [3.8, 4) is 0 Å². The van der Waals surface area contributed by atoms with Crippen molar-refractivity contribution in [2.24, 2.45) is 23.2 Å². The molecule has 1 rings (SSSR count). The first kappa shape index (κ1) is 13.1. The molecule has 0 aromatic carbocycles. The predicted molar refractivity (Wildman–Crippen MR) is 69.0 cm³/mol. The van der Waals surface area contributed by atoms with Crippen LogP contribution in [0.3, 0.4) is 0 Å². The molecule has 1 fully saturated rings. The minimum atomic E-state index is 0.614. The monoisotopic (exact) mass is 210 g/mol. The molecule has 0 amide bonds. The average Bonchev–Trinajstić information content (AvgIpc) is 2.21. The van der Waals surface area contributed by atoms with Gasteiger partial charge in [-0.15, -0.1) is 0 Å². The lowest BCUT2D eigenvalue weighted by Crippen LogP contribution is -2.32. The average molecular weight is 210 g/mol. The summed E-state index contributed by atoms with van der Waals surface area (Å²) < 4.78 is 0. The largest absolute Gasteiger partial charge is 0.0654 e. The normalized spacial score (nSPS) is 43.4. The van der Waals surface area contributed by atoms with Crippen LogP contribution in [0.2, 0.25) is 0 Å². The third-order valence-corrected chi connectivity index (χ3v) is 5.10. The molecule has 0 aromatic heterocycles. The van der Waals surface area contributed by atoms with Crippen LogP contribution in [0.15, 0.2) is 0 Å². The van der Waals surface area contributed by atoms with E-state index in [1.54, 1.807) is 0 Å². The van der Waals surface area contributed by atoms with Crippen LogP contribution >= 0.6 is 0 Å². The van der Waals surface area contributed by atoms with Gasteiger partial charge in [0.15, 0.2) is 0 Å². The van der Waals surface area contributed by atoms with Crippen molar-refractivity contribution in [2.45, 2.75) is 73.1 Å². The molecule has 4 unspecified atom stereocenters. The molecule has 0 spiro atoms. The SMILES string of the molecule is CCCC1(C)CCC(C)CCC(C)C1C. The molecule has 1 saturated carbocycles. The standard InChI is InChI=1S/C15H30/c1-6-10-15(5)11-9-12(2)7-8-13(3)14(15)4/h12-14H,6-11H2,1-5H3.